The van der Waals surface area contributed by atoms with Gasteiger partial charge in [-0.3, -0.25) is 0 Å². The molecule has 0 aliphatic heterocycles. The summed E-state index contributed by atoms with van der Waals surface area (Å²) in [5.74, 6) is 1.52. The molecule has 18 heavy (non-hydrogen) atoms. The second kappa shape index (κ2) is 6.01. The molecule has 0 spiro atoms. The molecule has 3 heteroatoms. The van der Waals surface area contributed by atoms with Crippen molar-refractivity contribution in [2.75, 3.05) is 0 Å². The maximum absolute atomic E-state index is 5.72. The van der Waals surface area contributed by atoms with Crippen molar-refractivity contribution in [1.82, 2.24) is 4.98 Å². The number of hydrogen-bond acceptors (Lipinski definition) is 3. The average molecular weight is 261 g/mol. The predicted octanol–water partition coefficient (Wildman–Crippen LogP) is 4.54. The van der Waals surface area contributed by atoms with Gasteiger partial charge in [0.15, 0.2) is 0 Å². The van der Waals surface area contributed by atoms with E-state index in [4.69, 9.17) is 4.74 Å². The Labute approximate surface area is 113 Å². The second-order valence-corrected chi connectivity index (χ2v) is 5.59. The first-order chi connectivity index (χ1) is 8.69. The van der Waals surface area contributed by atoms with Crippen LogP contribution in [0, 0.1) is 6.92 Å². The molecule has 1 heterocycles. The predicted molar refractivity (Wildman–Crippen MR) is 76.3 cm³/mol. The van der Waals surface area contributed by atoms with Crippen LogP contribution in [0.25, 0.3) is 0 Å². The lowest BCUT2D eigenvalue weighted by Crippen LogP contribution is -1.96. The van der Waals surface area contributed by atoms with Crippen molar-refractivity contribution in [2.45, 2.75) is 39.7 Å². The van der Waals surface area contributed by atoms with Gasteiger partial charge in [0.1, 0.15) is 12.4 Å². The molecule has 0 aliphatic rings. The Hall–Kier alpha value is -1.35. The Morgan fingerprint density at radius 1 is 1.28 bits per heavy atom. The molecule has 1 aromatic heterocycles. The van der Waals surface area contributed by atoms with E-state index in [1.807, 2.05) is 24.4 Å². The van der Waals surface area contributed by atoms with Crippen molar-refractivity contribution in [3.63, 3.8) is 0 Å². The third-order valence-electron chi connectivity index (χ3n) is 3.11. The van der Waals surface area contributed by atoms with Crippen molar-refractivity contribution >= 4 is 11.3 Å². The highest BCUT2D eigenvalue weighted by molar-refractivity contribution is 7.09. The lowest BCUT2D eigenvalue weighted by atomic mass is 9.99. The van der Waals surface area contributed by atoms with E-state index in [1.54, 1.807) is 11.3 Å². The van der Waals surface area contributed by atoms with E-state index < -0.39 is 0 Å². The van der Waals surface area contributed by atoms with Crippen LogP contribution in [0.1, 0.15) is 42.5 Å². The molecule has 0 amide bonds. The molecule has 2 nitrogen and oxygen atoms in total. The summed E-state index contributed by atoms with van der Waals surface area (Å²) in [5.41, 5.74) is 2.37. The van der Waals surface area contributed by atoms with Crippen LogP contribution in [-0.4, -0.2) is 4.98 Å². The van der Waals surface area contributed by atoms with E-state index in [2.05, 4.69) is 31.0 Å². The number of benzene rings is 1. The quantitative estimate of drug-likeness (QED) is 0.788. The van der Waals surface area contributed by atoms with Gasteiger partial charge >= 0.3 is 0 Å². The number of hydrogen-bond donors (Lipinski definition) is 0. The third-order valence-corrected chi connectivity index (χ3v) is 3.94. The highest BCUT2D eigenvalue weighted by Crippen LogP contribution is 2.22. The van der Waals surface area contributed by atoms with Gasteiger partial charge in [0.05, 0.1) is 10.7 Å². The fourth-order valence-corrected chi connectivity index (χ4v) is 2.36. The summed E-state index contributed by atoms with van der Waals surface area (Å²) in [6.07, 6.45) is 1.16. The molecule has 0 saturated heterocycles. The Morgan fingerprint density at radius 3 is 2.56 bits per heavy atom. The standard InChI is InChI=1S/C15H19NOS/c1-4-11(2)13-5-7-15(8-6-13)17-9-14-10-18-12(3)16-14/h5-8,10-11H,4,9H2,1-3H3. The van der Waals surface area contributed by atoms with Crippen LogP contribution in [0.3, 0.4) is 0 Å². The molecule has 1 aromatic carbocycles. The van der Waals surface area contributed by atoms with Gasteiger partial charge in [0.25, 0.3) is 0 Å². The third kappa shape index (κ3) is 3.33. The van der Waals surface area contributed by atoms with E-state index in [-0.39, 0.29) is 0 Å². The van der Waals surface area contributed by atoms with E-state index in [1.165, 1.54) is 5.56 Å². The van der Waals surface area contributed by atoms with Crippen LogP contribution in [-0.2, 0) is 6.61 Å². The Morgan fingerprint density at radius 2 is 2.00 bits per heavy atom. The van der Waals surface area contributed by atoms with Crippen LogP contribution >= 0.6 is 11.3 Å². The van der Waals surface area contributed by atoms with Crippen molar-refractivity contribution in [3.05, 3.63) is 45.9 Å². The molecule has 0 saturated carbocycles. The summed E-state index contributed by atoms with van der Waals surface area (Å²) in [7, 11) is 0. The Balaban J connectivity index is 1.94. The topological polar surface area (TPSA) is 22.1 Å². The summed E-state index contributed by atoms with van der Waals surface area (Å²) in [6, 6.07) is 8.38. The van der Waals surface area contributed by atoms with Crippen molar-refractivity contribution in [3.8, 4) is 5.75 Å². The first-order valence-electron chi connectivity index (χ1n) is 6.32. The number of thiazole rings is 1. The van der Waals surface area contributed by atoms with Gasteiger partial charge in [-0.1, -0.05) is 26.0 Å². The van der Waals surface area contributed by atoms with Gasteiger partial charge in [-0.25, -0.2) is 4.98 Å². The lowest BCUT2D eigenvalue weighted by Gasteiger charge is -2.10. The lowest BCUT2D eigenvalue weighted by molar-refractivity contribution is 0.302. The van der Waals surface area contributed by atoms with Gasteiger partial charge in [-0.05, 0) is 37.0 Å². The summed E-state index contributed by atoms with van der Waals surface area (Å²) in [6.45, 7) is 7.01. The maximum Gasteiger partial charge on any atom is 0.131 e. The zero-order valence-electron chi connectivity index (χ0n) is 11.1. The molecule has 1 atom stereocenters. The highest BCUT2D eigenvalue weighted by Gasteiger charge is 2.03. The molecule has 0 N–H and O–H groups in total. The molecule has 1 unspecified atom stereocenters. The maximum atomic E-state index is 5.72. The molecular weight excluding hydrogens is 242 g/mol. The minimum absolute atomic E-state index is 0.549. The molecule has 0 radical (unpaired) electrons. The fourth-order valence-electron chi connectivity index (χ4n) is 1.76. The Kier molecular flexibility index (Phi) is 4.37. The van der Waals surface area contributed by atoms with Crippen LogP contribution in [0.5, 0.6) is 5.75 Å². The summed E-state index contributed by atoms with van der Waals surface area (Å²) in [5, 5.41) is 3.13. The number of ether oxygens (including phenoxy) is 1. The first kappa shape index (κ1) is 13.1. The van der Waals surface area contributed by atoms with Gasteiger partial charge in [0.2, 0.25) is 0 Å². The monoisotopic (exact) mass is 261 g/mol. The minimum atomic E-state index is 0.549. The fraction of sp³-hybridized carbons (Fsp3) is 0.400. The number of nitrogens with zero attached hydrogens (tertiary/aromatic N) is 1. The summed E-state index contributed by atoms with van der Waals surface area (Å²) in [4.78, 5) is 4.38. The summed E-state index contributed by atoms with van der Waals surface area (Å²) >= 11 is 1.66. The smallest absolute Gasteiger partial charge is 0.131 e. The summed E-state index contributed by atoms with van der Waals surface area (Å²) < 4.78 is 5.72. The van der Waals surface area contributed by atoms with Crippen LogP contribution in [0.2, 0.25) is 0 Å². The van der Waals surface area contributed by atoms with E-state index >= 15 is 0 Å². The van der Waals surface area contributed by atoms with Gasteiger partial charge < -0.3 is 4.74 Å². The normalized spacial score (nSPS) is 12.4. The molecule has 0 fully saturated rings. The van der Waals surface area contributed by atoms with Crippen molar-refractivity contribution in [2.24, 2.45) is 0 Å². The van der Waals surface area contributed by atoms with E-state index in [9.17, 15) is 0 Å². The average Bonchev–Trinajstić information content (AvgIpc) is 2.82. The van der Waals surface area contributed by atoms with Gasteiger partial charge in [-0.2, -0.15) is 0 Å². The van der Waals surface area contributed by atoms with Crippen LogP contribution < -0.4 is 4.74 Å². The number of rotatable bonds is 5. The highest BCUT2D eigenvalue weighted by atomic mass is 32.1. The first-order valence-corrected chi connectivity index (χ1v) is 7.20. The molecule has 0 bridgehead atoms. The van der Waals surface area contributed by atoms with Gasteiger partial charge in [-0.15, -0.1) is 11.3 Å². The van der Waals surface area contributed by atoms with E-state index in [0.717, 1.165) is 22.9 Å². The van der Waals surface area contributed by atoms with E-state index in [0.29, 0.717) is 12.5 Å². The molecule has 0 aliphatic carbocycles. The molecule has 2 rings (SSSR count). The van der Waals surface area contributed by atoms with Gasteiger partial charge in [0, 0.05) is 5.38 Å². The van der Waals surface area contributed by atoms with Crippen LogP contribution in [0.15, 0.2) is 29.6 Å². The second-order valence-electron chi connectivity index (χ2n) is 4.52. The van der Waals surface area contributed by atoms with Crippen molar-refractivity contribution in [1.29, 1.82) is 0 Å². The zero-order valence-corrected chi connectivity index (χ0v) is 12.0. The van der Waals surface area contributed by atoms with Crippen molar-refractivity contribution < 1.29 is 4.74 Å². The molecule has 96 valence electrons. The number of aromatic nitrogens is 1. The van der Waals surface area contributed by atoms with Crippen LogP contribution in [0.4, 0.5) is 0 Å². The Bertz CT molecular complexity index is 489. The molecule has 2 aromatic rings. The SMILES string of the molecule is CCC(C)c1ccc(OCc2csc(C)n2)cc1. The number of aryl methyl sites for hydroxylation is 1. The zero-order chi connectivity index (χ0) is 13.0. The molecular formula is C15H19NOS. The largest absolute Gasteiger partial charge is 0.487 e. The minimum Gasteiger partial charge on any atom is -0.487 e.